The highest BCUT2D eigenvalue weighted by atomic mass is 16.1. The highest BCUT2D eigenvalue weighted by Gasteiger charge is 2.12. The minimum absolute atomic E-state index is 0.158. The summed E-state index contributed by atoms with van der Waals surface area (Å²) in [6, 6.07) is 12.3. The third-order valence-electron chi connectivity index (χ3n) is 5.46. The molecule has 0 spiro atoms. The third kappa shape index (κ3) is 3.94. The van der Waals surface area contributed by atoms with Gasteiger partial charge in [-0.15, -0.1) is 0 Å². The number of nitrogens with zero attached hydrogens (tertiary/aromatic N) is 3. The second-order valence-corrected chi connectivity index (χ2v) is 7.85. The first-order valence-electron chi connectivity index (χ1n) is 9.98. The molecule has 152 valence electrons. The molecule has 0 unspecified atom stereocenters. The Morgan fingerprint density at radius 2 is 1.57 bits per heavy atom. The number of aromatic amines is 1. The highest BCUT2D eigenvalue weighted by molar-refractivity contribution is 5.83. The lowest BCUT2D eigenvalue weighted by molar-refractivity contribution is 0.978. The molecule has 4 aromatic rings. The summed E-state index contributed by atoms with van der Waals surface area (Å²) in [7, 11) is 0. The van der Waals surface area contributed by atoms with Crippen molar-refractivity contribution in [1.29, 1.82) is 0 Å². The van der Waals surface area contributed by atoms with Gasteiger partial charge in [0.15, 0.2) is 0 Å². The van der Waals surface area contributed by atoms with E-state index in [0.29, 0.717) is 29.6 Å². The number of H-pyrrole nitrogens is 1. The van der Waals surface area contributed by atoms with Gasteiger partial charge in [0.1, 0.15) is 0 Å². The topological polar surface area (TPSA) is 83.6 Å². The number of aromatic nitrogens is 4. The number of anilines is 2. The molecule has 0 saturated heterocycles. The van der Waals surface area contributed by atoms with E-state index in [2.05, 4.69) is 51.2 Å². The zero-order chi connectivity index (χ0) is 21.4. The first-order chi connectivity index (χ1) is 14.3. The number of fused-ring (bicyclic) bond motifs is 1. The van der Waals surface area contributed by atoms with Crippen LogP contribution >= 0.6 is 0 Å². The van der Waals surface area contributed by atoms with Crippen molar-refractivity contribution in [1.82, 2.24) is 19.9 Å². The maximum Gasteiger partial charge on any atom is 0.256 e. The minimum Gasteiger partial charge on any atom is -0.294 e. The summed E-state index contributed by atoms with van der Waals surface area (Å²) in [4.78, 5) is 29.2. The molecule has 2 N–H and O–H groups in total. The van der Waals surface area contributed by atoms with Gasteiger partial charge in [-0.25, -0.2) is 15.0 Å². The number of nitrogens with one attached hydrogen (secondary N) is 2. The lowest BCUT2D eigenvalue weighted by Crippen LogP contribution is -2.19. The molecule has 0 amide bonds. The summed E-state index contributed by atoms with van der Waals surface area (Å²) in [5.41, 5.74) is 7.58. The standard InChI is InChI=1S/C24H25N5O/c1-13-6-8-18(9-7-13)12-20-17(5)26-24(28-22(20)30)29-23-25-16(4)19-10-14(2)15(3)11-21(19)27-23/h6-11H,12H2,1-5H3,(H2,25,26,27,28,29,30). The molecule has 0 aliphatic carbocycles. The lowest BCUT2D eigenvalue weighted by Gasteiger charge is -2.11. The molecule has 0 bridgehead atoms. The van der Waals surface area contributed by atoms with Crippen molar-refractivity contribution in [3.05, 3.63) is 86.0 Å². The van der Waals surface area contributed by atoms with Crippen LogP contribution in [0.4, 0.5) is 11.9 Å². The van der Waals surface area contributed by atoms with E-state index in [1.54, 1.807) is 0 Å². The van der Waals surface area contributed by atoms with E-state index in [1.165, 1.54) is 16.7 Å². The Morgan fingerprint density at radius 1 is 0.867 bits per heavy atom. The van der Waals surface area contributed by atoms with Crippen LogP contribution in [0.1, 0.15) is 39.2 Å². The second kappa shape index (κ2) is 7.71. The van der Waals surface area contributed by atoms with Crippen molar-refractivity contribution in [3.8, 4) is 0 Å². The normalized spacial score (nSPS) is 11.1. The van der Waals surface area contributed by atoms with Gasteiger partial charge in [0.05, 0.1) is 16.9 Å². The molecule has 2 aromatic heterocycles. The molecule has 0 fully saturated rings. The first-order valence-corrected chi connectivity index (χ1v) is 9.98. The summed E-state index contributed by atoms with van der Waals surface area (Å²) >= 11 is 0. The van der Waals surface area contributed by atoms with Crippen LogP contribution in [0.2, 0.25) is 0 Å². The van der Waals surface area contributed by atoms with Gasteiger partial charge >= 0.3 is 0 Å². The van der Waals surface area contributed by atoms with Crippen LogP contribution in [-0.2, 0) is 6.42 Å². The van der Waals surface area contributed by atoms with Crippen LogP contribution < -0.4 is 10.9 Å². The maximum absolute atomic E-state index is 12.7. The minimum atomic E-state index is -0.158. The SMILES string of the molecule is Cc1ccc(Cc2c(C)nc(Nc3nc(C)c4cc(C)c(C)cc4n3)[nH]c2=O)cc1. The van der Waals surface area contributed by atoms with Crippen molar-refractivity contribution in [2.75, 3.05) is 5.32 Å². The Morgan fingerprint density at radius 3 is 2.27 bits per heavy atom. The zero-order valence-electron chi connectivity index (χ0n) is 17.9. The Hall–Kier alpha value is -3.54. The van der Waals surface area contributed by atoms with Gasteiger partial charge in [0.2, 0.25) is 11.9 Å². The molecule has 4 rings (SSSR count). The van der Waals surface area contributed by atoms with Crippen molar-refractivity contribution in [3.63, 3.8) is 0 Å². The molecular formula is C24H25N5O. The smallest absolute Gasteiger partial charge is 0.256 e. The van der Waals surface area contributed by atoms with Gasteiger partial charge in [-0.3, -0.25) is 15.1 Å². The third-order valence-corrected chi connectivity index (χ3v) is 5.46. The Labute approximate surface area is 175 Å². The monoisotopic (exact) mass is 399 g/mol. The van der Waals surface area contributed by atoms with Crippen LogP contribution in [0.3, 0.4) is 0 Å². The average Bonchev–Trinajstić information content (AvgIpc) is 2.68. The van der Waals surface area contributed by atoms with Crippen LogP contribution in [-0.4, -0.2) is 19.9 Å². The molecule has 0 radical (unpaired) electrons. The molecule has 0 aliphatic heterocycles. The summed E-state index contributed by atoms with van der Waals surface area (Å²) < 4.78 is 0. The number of rotatable bonds is 4. The first kappa shape index (κ1) is 19.8. The molecule has 2 aromatic carbocycles. The lowest BCUT2D eigenvalue weighted by atomic mass is 10.0. The van der Waals surface area contributed by atoms with Gasteiger partial charge in [0, 0.05) is 17.4 Å². The van der Waals surface area contributed by atoms with Gasteiger partial charge < -0.3 is 0 Å². The number of hydrogen-bond donors (Lipinski definition) is 2. The van der Waals surface area contributed by atoms with Crippen molar-refractivity contribution in [2.45, 2.75) is 41.0 Å². The fraction of sp³-hybridized carbons (Fsp3) is 0.250. The predicted molar refractivity (Wildman–Crippen MR) is 121 cm³/mol. The predicted octanol–water partition coefficient (Wildman–Crippen LogP) is 4.59. The van der Waals surface area contributed by atoms with Gasteiger partial charge in [-0.1, -0.05) is 29.8 Å². The van der Waals surface area contributed by atoms with Crippen molar-refractivity contribution < 1.29 is 0 Å². The van der Waals surface area contributed by atoms with Gasteiger partial charge in [-0.05, 0) is 63.4 Å². The summed E-state index contributed by atoms with van der Waals surface area (Å²) in [6.07, 6.45) is 0.541. The zero-order valence-corrected chi connectivity index (χ0v) is 17.9. The Kier molecular flexibility index (Phi) is 5.08. The average molecular weight is 399 g/mol. The molecule has 0 saturated carbocycles. The van der Waals surface area contributed by atoms with E-state index in [1.807, 2.05) is 45.0 Å². The van der Waals surface area contributed by atoms with E-state index in [4.69, 9.17) is 0 Å². The van der Waals surface area contributed by atoms with Crippen LogP contribution in [0.15, 0.2) is 41.2 Å². The quantitative estimate of drug-likeness (QED) is 0.524. The number of hydrogen-bond acceptors (Lipinski definition) is 5. The molecule has 0 aliphatic rings. The van der Waals surface area contributed by atoms with E-state index in [-0.39, 0.29) is 5.56 Å². The van der Waals surface area contributed by atoms with Crippen LogP contribution in [0, 0.1) is 34.6 Å². The molecule has 6 heteroatoms. The van der Waals surface area contributed by atoms with E-state index >= 15 is 0 Å². The molecule has 0 atom stereocenters. The molecule has 30 heavy (non-hydrogen) atoms. The summed E-state index contributed by atoms with van der Waals surface area (Å²) in [5, 5.41) is 4.09. The summed E-state index contributed by atoms with van der Waals surface area (Å²) in [6.45, 7) is 9.99. The second-order valence-electron chi connectivity index (χ2n) is 7.85. The summed E-state index contributed by atoms with van der Waals surface area (Å²) in [5.74, 6) is 0.754. The highest BCUT2D eigenvalue weighted by Crippen LogP contribution is 2.22. The Balaban J connectivity index is 1.64. The van der Waals surface area contributed by atoms with E-state index in [9.17, 15) is 4.79 Å². The van der Waals surface area contributed by atoms with E-state index < -0.39 is 0 Å². The molecule has 6 nitrogen and oxygen atoms in total. The largest absolute Gasteiger partial charge is 0.294 e. The molecule has 2 heterocycles. The van der Waals surface area contributed by atoms with Crippen molar-refractivity contribution in [2.24, 2.45) is 0 Å². The van der Waals surface area contributed by atoms with Gasteiger partial charge in [0.25, 0.3) is 5.56 Å². The Bertz CT molecular complexity index is 1310. The van der Waals surface area contributed by atoms with E-state index in [0.717, 1.165) is 22.2 Å². The molecular weight excluding hydrogens is 374 g/mol. The number of benzene rings is 2. The van der Waals surface area contributed by atoms with Crippen molar-refractivity contribution >= 4 is 22.8 Å². The van der Waals surface area contributed by atoms with Crippen LogP contribution in [0.5, 0.6) is 0 Å². The number of aryl methyl sites for hydroxylation is 5. The fourth-order valence-corrected chi connectivity index (χ4v) is 3.49. The van der Waals surface area contributed by atoms with Gasteiger partial charge in [-0.2, -0.15) is 0 Å². The maximum atomic E-state index is 12.7. The fourth-order valence-electron chi connectivity index (χ4n) is 3.49. The van der Waals surface area contributed by atoms with Crippen LogP contribution in [0.25, 0.3) is 10.9 Å².